The largest absolute Gasteiger partial charge is 1.00 e. The molecule has 7 N–H and O–H groups in total. The summed E-state index contributed by atoms with van der Waals surface area (Å²) in [5.74, 6) is 0.390. The number of nitriles is 4. The molecule has 29 nitrogen and oxygen atoms in total. The van der Waals surface area contributed by atoms with Gasteiger partial charge in [0.15, 0.2) is 21.7 Å². The second kappa shape index (κ2) is 58.9. The standard InChI is InChI=1S/C14H13BrN2O3.C13H20BNO2.C13H10BrN3O.C13H13BrN2O2.C13H12N4O.C12H9ClN4.C5HCl2N3.C4H8O.5CH4.B.BrH.Li.H/c1-8-9(5-4-6-10(8)15)11-7-16-12(14(18)20-3)13(17-11)19-2;1-9-10(7-6-8-11(9)15)14-16-12(2,3)13(4,5)17-14;1-8-9(4-3-5-10(8)14)12-7-16-11(6-15)13(17-12)18-2;1-8-9(4-3-5-10(8)14)11-6-15-12(7-17)13(16-11)18-2;1-8-9(4-3-5-10(8)15)12-7-16-11(6-14)13(17-12)18-2;1-7-8(3-2-4-9(7)15)11-6-16-10(5-14)12(13)17-11;6-4-2-9-3(1-8)5(7)10-4;1-2-4-5-3-1;;;;;;;;;/h4-7H,1-3H3;6-8H,15H2,1-5H3;3-5,7H,1-2H3;3-6,17H,7H2,1-2H3;3-5,7H,15H2,1-2H3;2-4,6H,15H2,1H3;2H;1-4H2;5*1H4;;1H;;/q;;;;;;;;;;;;;;;+1;-1. The Hall–Kier alpha value is -10.8. The number of aliphatic hydroxyl groups excluding tert-OH is 1. The van der Waals surface area contributed by atoms with Gasteiger partial charge in [0.2, 0.25) is 28.8 Å². The molecule has 6 aromatic heterocycles. The Balaban J connectivity index is -0.00000145. The van der Waals surface area contributed by atoms with Gasteiger partial charge in [0.25, 0.3) is 11.8 Å². The quantitative estimate of drug-likeness (QED) is 0.0501. The first-order chi connectivity index (χ1) is 58.7. The van der Waals surface area contributed by atoms with Crippen LogP contribution in [0.15, 0.2) is 160 Å². The van der Waals surface area contributed by atoms with Gasteiger partial charge in [-0.15, -0.1) is 17.0 Å². The zero-order valence-corrected chi connectivity index (χ0v) is 80.5. The number of nitrogen functional groups attached to an aromatic ring is 3. The summed E-state index contributed by atoms with van der Waals surface area (Å²) in [6, 6.07) is 42.0. The average Bonchev–Trinajstić information content (AvgIpc) is 1.61. The first kappa shape index (κ1) is 122. The number of nitrogens with two attached hydrogens (primary N) is 3. The second-order valence-corrected chi connectivity index (χ2v) is 30.8. The molecule has 0 aliphatic carbocycles. The number of halogens is 7. The van der Waals surface area contributed by atoms with Crippen molar-refractivity contribution < 1.29 is 67.9 Å². The monoisotopic (exact) mass is 2090 g/mol. The summed E-state index contributed by atoms with van der Waals surface area (Å²) >= 11 is 27.1. The number of aromatic nitrogens is 12. The van der Waals surface area contributed by atoms with Crippen molar-refractivity contribution in [1.82, 2.24) is 59.8 Å². The van der Waals surface area contributed by atoms with Gasteiger partial charge < -0.3 is 61.5 Å². The van der Waals surface area contributed by atoms with E-state index in [0.717, 1.165) is 105 Å². The van der Waals surface area contributed by atoms with E-state index >= 15 is 0 Å². The molecule has 2 aliphatic rings. The maximum absolute atomic E-state index is 11.5. The maximum atomic E-state index is 11.5. The van der Waals surface area contributed by atoms with Crippen LogP contribution in [0.2, 0.25) is 15.5 Å². The molecular weight excluding hydrogens is 1990 g/mol. The van der Waals surface area contributed by atoms with E-state index < -0.39 is 5.97 Å². The summed E-state index contributed by atoms with van der Waals surface area (Å²) in [7, 11) is 6.84. The molecule has 2 fully saturated rings. The molecule has 687 valence electrons. The molecule has 0 saturated carbocycles. The van der Waals surface area contributed by atoms with Gasteiger partial charge in [0, 0.05) is 79.9 Å². The van der Waals surface area contributed by atoms with Gasteiger partial charge in [-0.25, -0.2) is 59.6 Å². The third-order valence-electron chi connectivity index (χ3n) is 18.9. The van der Waals surface area contributed by atoms with Gasteiger partial charge in [-0.2, -0.15) is 21.0 Å². The molecule has 3 radical (unpaired) electrons. The van der Waals surface area contributed by atoms with Crippen molar-refractivity contribution >= 4 is 144 Å². The molecule has 131 heavy (non-hydrogen) atoms. The number of hydrogen-bond donors (Lipinski definition) is 4. The van der Waals surface area contributed by atoms with E-state index in [1.165, 1.54) is 67.0 Å². The summed E-state index contributed by atoms with van der Waals surface area (Å²) in [6.45, 7) is 21.8. The third-order valence-corrected chi connectivity index (χ3v) is 22.2. The predicted molar refractivity (Wildman–Crippen MR) is 535 cm³/mol. The number of benzene rings is 6. The van der Waals surface area contributed by atoms with Crippen LogP contribution in [0.25, 0.3) is 56.3 Å². The zero-order valence-electron chi connectivity index (χ0n) is 72.7. The van der Waals surface area contributed by atoms with Crippen LogP contribution in [0.5, 0.6) is 23.5 Å². The number of esters is 1. The molecule has 0 unspecified atom stereocenters. The first-order valence-electron chi connectivity index (χ1n) is 37.1. The van der Waals surface area contributed by atoms with E-state index in [1.807, 2.05) is 169 Å². The maximum Gasteiger partial charge on any atom is 1.00 e. The summed E-state index contributed by atoms with van der Waals surface area (Å²) in [5, 5.41) is 44.2. The number of nitrogens with zero attached hydrogens (tertiary/aromatic N) is 16. The molecule has 0 amide bonds. The molecule has 0 spiro atoms. The van der Waals surface area contributed by atoms with Gasteiger partial charge in [0.1, 0.15) is 35.1 Å². The van der Waals surface area contributed by atoms with E-state index in [1.54, 1.807) is 24.7 Å². The smallest absolute Gasteiger partial charge is 1.00 e. The fourth-order valence-electron chi connectivity index (χ4n) is 11.0. The van der Waals surface area contributed by atoms with Gasteiger partial charge in [0.05, 0.1) is 119 Å². The van der Waals surface area contributed by atoms with E-state index in [-0.39, 0.29) is 169 Å². The normalized spacial score (nSPS) is 11.4. The number of hydrogen-bond acceptors (Lipinski definition) is 29. The molecule has 12 aromatic rings. The predicted octanol–water partition coefficient (Wildman–Crippen LogP) is 18.1. The molecular formula is C92H108B2Br4Cl3LiN19O10. The summed E-state index contributed by atoms with van der Waals surface area (Å²) in [4.78, 5) is 60.4. The third kappa shape index (κ3) is 32.9. The molecule has 39 heteroatoms. The van der Waals surface area contributed by atoms with Crippen molar-refractivity contribution in [1.29, 1.82) is 21.0 Å². The van der Waals surface area contributed by atoms with Crippen molar-refractivity contribution in [2.24, 2.45) is 0 Å². The summed E-state index contributed by atoms with van der Waals surface area (Å²) < 4.78 is 44.9. The Kier molecular flexibility index (Phi) is 54.9. The van der Waals surface area contributed by atoms with Crippen LogP contribution in [0.4, 0.5) is 17.1 Å². The molecule has 0 atom stereocenters. The molecule has 14 rings (SSSR count). The molecule has 2 aliphatic heterocycles. The van der Waals surface area contributed by atoms with Gasteiger partial charge >= 0.3 is 31.9 Å². The minimum atomic E-state index is -0.577. The molecule has 8 heterocycles. The molecule has 2 saturated heterocycles. The van der Waals surface area contributed by atoms with E-state index in [4.69, 9.17) is 111 Å². The Labute approximate surface area is 835 Å². The Morgan fingerprint density at radius 3 is 1.11 bits per heavy atom. The summed E-state index contributed by atoms with van der Waals surface area (Å²) in [5.41, 5.74) is 35.2. The molecule has 0 bridgehead atoms. The van der Waals surface area contributed by atoms with Crippen LogP contribution in [0.3, 0.4) is 0 Å². The van der Waals surface area contributed by atoms with Crippen LogP contribution in [-0.2, 0) is 25.4 Å². The van der Waals surface area contributed by atoms with Gasteiger partial charge in [-0.1, -0.05) is 193 Å². The number of ether oxygens (including phenoxy) is 6. The number of rotatable bonds is 12. The van der Waals surface area contributed by atoms with Crippen LogP contribution in [0, 0.1) is 86.9 Å². The van der Waals surface area contributed by atoms with Crippen LogP contribution < -0.4 is 60.5 Å². The van der Waals surface area contributed by atoms with Crippen molar-refractivity contribution in [3.8, 4) is 104 Å². The van der Waals surface area contributed by atoms with Crippen molar-refractivity contribution in [2.45, 2.75) is 137 Å². The first-order valence-corrected chi connectivity index (χ1v) is 40.6. The van der Waals surface area contributed by atoms with Crippen LogP contribution in [0.1, 0.15) is 151 Å². The van der Waals surface area contributed by atoms with Crippen LogP contribution >= 0.6 is 99.6 Å². The molecule has 6 aromatic carbocycles. The fraction of sp³-hybridized carbons (Fsp3) is 0.293. The zero-order chi connectivity index (χ0) is 90.4. The Morgan fingerprint density at radius 1 is 0.458 bits per heavy atom. The fourth-order valence-corrected chi connectivity index (χ4v) is 12.7. The number of methoxy groups -OCH3 is 5. The van der Waals surface area contributed by atoms with Crippen molar-refractivity contribution in [3.63, 3.8) is 0 Å². The van der Waals surface area contributed by atoms with Gasteiger partial charge in [-0.05, 0) is 157 Å². The van der Waals surface area contributed by atoms with Crippen LogP contribution in [-0.4, -0.2) is 146 Å². The average molecular weight is 2090 g/mol. The van der Waals surface area contributed by atoms with Crippen molar-refractivity contribution in [3.05, 3.63) is 243 Å². The Morgan fingerprint density at radius 2 is 0.771 bits per heavy atom. The van der Waals surface area contributed by atoms with Gasteiger partial charge in [-0.3, -0.25) is 4.98 Å². The number of anilines is 3. The van der Waals surface area contributed by atoms with E-state index in [0.29, 0.717) is 45.7 Å². The van der Waals surface area contributed by atoms with E-state index in [2.05, 4.69) is 140 Å². The van der Waals surface area contributed by atoms with Crippen molar-refractivity contribution in [2.75, 3.05) is 66.0 Å². The minimum absolute atomic E-state index is 0. The SMILES string of the molecule is Br.C.C.C.C.C.C1CCOC1.COC(=O)c1ncc(-c2cccc(Br)c2C)nc1OC.COc1nc(-c2cccc(Br)c2C)cnc1C#N.COc1nc(-c2cccc(Br)c2C)cnc1CO.COc1nc(-c2cccc(N)c2C)cnc1C#N.Cc1c(N)cccc1-c1cnc(C#N)c(Cl)n1.Cc1c(N)cccc1B1OC(C)(C)C(C)(C)O1.N#Cc1ncc(Cl)nc1Cl.[B].[H-].[Li+]. The Bertz CT molecular complexity index is 5810. The summed E-state index contributed by atoms with van der Waals surface area (Å²) in [6.07, 6.45) is 11.6. The minimum Gasteiger partial charge on any atom is -1.00 e. The number of aliphatic hydroxyl groups is 1. The number of carbonyl (C=O) groups excluding carboxylic acids is 1. The second-order valence-electron chi connectivity index (χ2n) is 27.1. The number of carbonyl (C=O) groups is 1. The topological polar surface area (TPSA) is 439 Å². The van der Waals surface area contributed by atoms with E-state index in [9.17, 15) is 4.79 Å².